The Balaban J connectivity index is 1.47. The minimum absolute atomic E-state index is 0.0823. The molecule has 1 aliphatic heterocycles. The minimum atomic E-state index is 0.0823. The smallest absolute Gasteiger partial charge is 0.194 e. The normalized spacial score (nSPS) is 19.7. The number of nitrogens with one attached hydrogen (secondary N) is 1. The van der Waals surface area contributed by atoms with Crippen molar-refractivity contribution in [2.45, 2.75) is 31.9 Å². The van der Waals surface area contributed by atoms with E-state index in [4.69, 9.17) is 14.6 Å². The van der Waals surface area contributed by atoms with Crippen LogP contribution < -0.4 is 5.32 Å². The number of methoxy groups -OCH3 is 1. The third kappa shape index (κ3) is 3.91. The zero-order valence-corrected chi connectivity index (χ0v) is 16.7. The molecule has 2 aliphatic rings. The highest BCUT2D eigenvalue weighted by Gasteiger charge is 2.25. The molecule has 28 heavy (non-hydrogen) atoms. The molecule has 7 heteroatoms. The Bertz CT molecular complexity index is 816. The van der Waals surface area contributed by atoms with Crippen molar-refractivity contribution in [1.29, 1.82) is 0 Å². The number of para-hydroxylation sites is 1. The van der Waals surface area contributed by atoms with Crippen LogP contribution in [0.5, 0.6) is 0 Å². The van der Waals surface area contributed by atoms with Gasteiger partial charge in [-0.05, 0) is 37.0 Å². The van der Waals surface area contributed by atoms with Gasteiger partial charge in [0.2, 0.25) is 0 Å². The highest BCUT2D eigenvalue weighted by atomic mass is 16.5. The molecule has 2 heterocycles. The number of guanidine groups is 1. The van der Waals surface area contributed by atoms with Gasteiger partial charge in [-0.25, -0.2) is 4.68 Å². The van der Waals surface area contributed by atoms with Gasteiger partial charge in [-0.1, -0.05) is 18.2 Å². The average molecular weight is 383 g/mol. The van der Waals surface area contributed by atoms with Gasteiger partial charge in [0.1, 0.15) is 0 Å². The minimum Gasteiger partial charge on any atom is -0.382 e. The Kier molecular flexibility index (Phi) is 5.92. The summed E-state index contributed by atoms with van der Waals surface area (Å²) in [4.78, 5) is 6.72. The molecular weight excluding hydrogens is 354 g/mol. The SMILES string of the molecule is CN=C(NCc1nn(-c2ccccc2)c2c1CCC2)N1CCOC(COC)C1. The molecule has 0 radical (unpaired) electrons. The Labute approximate surface area is 166 Å². The molecule has 1 aliphatic carbocycles. The molecule has 1 N–H and O–H groups in total. The summed E-state index contributed by atoms with van der Waals surface area (Å²) in [6.45, 7) is 3.58. The lowest BCUT2D eigenvalue weighted by molar-refractivity contribution is -0.0447. The van der Waals surface area contributed by atoms with Crippen LogP contribution in [0.1, 0.15) is 23.4 Å². The second-order valence-electron chi connectivity index (χ2n) is 7.27. The quantitative estimate of drug-likeness (QED) is 0.630. The first-order valence-electron chi connectivity index (χ1n) is 10.0. The molecule has 1 aromatic heterocycles. The number of hydrogen-bond acceptors (Lipinski definition) is 4. The van der Waals surface area contributed by atoms with E-state index in [0.29, 0.717) is 19.8 Å². The predicted molar refractivity (Wildman–Crippen MR) is 109 cm³/mol. The van der Waals surface area contributed by atoms with Crippen molar-refractivity contribution in [3.63, 3.8) is 0 Å². The van der Waals surface area contributed by atoms with Crippen molar-refractivity contribution in [3.8, 4) is 5.69 Å². The van der Waals surface area contributed by atoms with Crippen molar-refractivity contribution < 1.29 is 9.47 Å². The summed E-state index contributed by atoms with van der Waals surface area (Å²) in [5.41, 5.74) is 5.00. The third-order valence-corrected chi connectivity index (χ3v) is 5.43. The van der Waals surface area contributed by atoms with Crippen LogP contribution in [-0.4, -0.2) is 67.2 Å². The number of rotatable bonds is 5. The maximum absolute atomic E-state index is 5.75. The summed E-state index contributed by atoms with van der Waals surface area (Å²) in [5.74, 6) is 0.894. The maximum atomic E-state index is 5.75. The fourth-order valence-corrected chi connectivity index (χ4v) is 4.13. The topological polar surface area (TPSA) is 63.9 Å². The molecule has 0 saturated carbocycles. The zero-order valence-electron chi connectivity index (χ0n) is 16.7. The number of aliphatic imine (C=N–C) groups is 1. The van der Waals surface area contributed by atoms with E-state index < -0.39 is 0 Å². The number of benzene rings is 1. The van der Waals surface area contributed by atoms with Crippen LogP contribution in [0, 0.1) is 0 Å². The van der Waals surface area contributed by atoms with Crippen molar-refractivity contribution >= 4 is 5.96 Å². The van der Waals surface area contributed by atoms with E-state index in [2.05, 4.69) is 44.2 Å². The molecule has 7 nitrogen and oxygen atoms in total. The fraction of sp³-hybridized carbons (Fsp3) is 0.524. The fourth-order valence-electron chi connectivity index (χ4n) is 4.13. The number of ether oxygens (including phenoxy) is 2. The van der Waals surface area contributed by atoms with Gasteiger partial charge in [0.05, 0.1) is 37.2 Å². The molecule has 1 saturated heterocycles. The van der Waals surface area contributed by atoms with Gasteiger partial charge in [0, 0.05) is 32.9 Å². The van der Waals surface area contributed by atoms with E-state index in [1.807, 2.05) is 13.1 Å². The number of morpholine rings is 1. The van der Waals surface area contributed by atoms with Gasteiger partial charge in [-0.3, -0.25) is 4.99 Å². The van der Waals surface area contributed by atoms with Gasteiger partial charge in [-0.2, -0.15) is 5.10 Å². The monoisotopic (exact) mass is 383 g/mol. The van der Waals surface area contributed by atoms with Crippen molar-refractivity contribution in [2.75, 3.05) is 40.5 Å². The molecule has 1 fully saturated rings. The molecule has 2 aromatic rings. The van der Waals surface area contributed by atoms with Crippen LogP contribution in [-0.2, 0) is 28.9 Å². The van der Waals surface area contributed by atoms with Gasteiger partial charge in [0.15, 0.2) is 5.96 Å². The summed E-state index contributed by atoms with van der Waals surface area (Å²) >= 11 is 0. The third-order valence-electron chi connectivity index (χ3n) is 5.43. The summed E-state index contributed by atoms with van der Waals surface area (Å²) in [6.07, 6.45) is 3.47. The van der Waals surface area contributed by atoms with Crippen LogP contribution in [0.15, 0.2) is 35.3 Å². The standard InChI is InChI=1S/C21H29N5O2/c1-22-21(25-11-12-28-17(14-25)15-27-2)23-13-19-18-9-6-10-20(18)26(24-19)16-7-4-3-5-8-16/h3-5,7-8,17H,6,9-15H2,1-2H3,(H,22,23). The van der Waals surface area contributed by atoms with E-state index in [-0.39, 0.29) is 6.10 Å². The van der Waals surface area contributed by atoms with Gasteiger partial charge in [0.25, 0.3) is 0 Å². The summed E-state index contributed by atoms with van der Waals surface area (Å²) in [6, 6.07) is 10.4. The molecule has 1 atom stereocenters. The lowest BCUT2D eigenvalue weighted by atomic mass is 10.2. The number of hydrogen-bond donors (Lipinski definition) is 1. The van der Waals surface area contributed by atoms with E-state index in [9.17, 15) is 0 Å². The maximum Gasteiger partial charge on any atom is 0.194 e. The van der Waals surface area contributed by atoms with Crippen LogP contribution >= 0.6 is 0 Å². The van der Waals surface area contributed by atoms with Gasteiger partial charge in [-0.15, -0.1) is 0 Å². The predicted octanol–water partition coefficient (Wildman–Crippen LogP) is 1.78. The molecule has 0 bridgehead atoms. The first-order valence-corrected chi connectivity index (χ1v) is 10.0. The number of nitrogens with zero attached hydrogens (tertiary/aromatic N) is 4. The van der Waals surface area contributed by atoms with Crippen LogP contribution in [0.3, 0.4) is 0 Å². The second kappa shape index (κ2) is 8.75. The summed E-state index contributed by atoms with van der Waals surface area (Å²) in [7, 11) is 3.54. The molecule has 0 spiro atoms. The van der Waals surface area contributed by atoms with E-state index in [1.165, 1.54) is 17.7 Å². The average Bonchev–Trinajstić information content (AvgIpc) is 3.33. The van der Waals surface area contributed by atoms with Gasteiger partial charge >= 0.3 is 0 Å². The highest BCUT2D eigenvalue weighted by Crippen LogP contribution is 2.27. The Morgan fingerprint density at radius 1 is 1.32 bits per heavy atom. The molecule has 1 unspecified atom stereocenters. The molecule has 0 amide bonds. The van der Waals surface area contributed by atoms with Crippen LogP contribution in [0.4, 0.5) is 0 Å². The molecule has 1 aromatic carbocycles. The largest absolute Gasteiger partial charge is 0.382 e. The molecule has 4 rings (SSSR count). The summed E-state index contributed by atoms with van der Waals surface area (Å²) in [5, 5.41) is 8.45. The van der Waals surface area contributed by atoms with Gasteiger partial charge < -0.3 is 19.7 Å². The Morgan fingerprint density at radius 3 is 2.96 bits per heavy atom. The second-order valence-corrected chi connectivity index (χ2v) is 7.27. The Hall–Kier alpha value is -2.38. The highest BCUT2D eigenvalue weighted by molar-refractivity contribution is 5.80. The van der Waals surface area contributed by atoms with Crippen molar-refractivity contribution in [1.82, 2.24) is 20.0 Å². The van der Waals surface area contributed by atoms with Crippen molar-refractivity contribution in [2.24, 2.45) is 4.99 Å². The van der Waals surface area contributed by atoms with E-state index in [0.717, 1.165) is 43.3 Å². The van der Waals surface area contributed by atoms with Crippen LogP contribution in [0.2, 0.25) is 0 Å². The zero-order chi connectivity index (χ0) is 19.3. The van der Waals surface area contributed by atoms with E-state index >= 15 is 0 Å². The van der Waals surface area contributed by atoms with Crippen molar-refractivity contribution in [3.05, 3.63) is 47.3 Å². The van der Waals surface area contributed by atoms with Crippen LogP contribution in [0.25, 0.3) is 5.69 Å². The van der Waals surface area contributed by atoms with E-state index in [1.54, 1.807) is 7.11 Å². The lowest BCUT2D eigenvalue weighted by Crippen LogP contribution is -2.51. The first kappa shape index (κ1) is 19.0. The summed E-state index contributed by atoms with van der Waals surface area (Å²) < 4.78 is 13.1. The lowest BCUT2D eigenvalue weighted by Gasteiger charge is -2.34. The molecular formula is C21H29N5O2. The number of aromatic nitrogens is 2. The number of fused-ring (bicyclic) bond motifs is 1. The molecule has 150 valence electrons. The first-order chi connectivity index (χ1) is 13.8. The Morgan fingerprint density at radius 2 is 2.18 bits per heavy atom.